The number of hydrogen-bond donors (Lipinski definition) is 0. The van der Waals surface area contributed by atoms with Crippen molar-refractivity contribution in [3.63, 3.8) is 0 Å². The number of para-hydroxylation sites is 4. The van der Waals surface area contributed by atoms with Crippen LogP contribution in [0.3, 0.4) is 0 Å². The SMILES string of the molecule is CC(C)(C)c1ccccc1-[n+]1[c-]n(-c2[c-]c(Cc3[c-]c4c(cc3)c3ccccc3n4-c3cc4ccoc4cn3)ccc2)c2ccccc21.[Pt]. The van der Waals surface area contributed by atoms with E-state index in [1.165, 1.54) is 10.9 Å². The van der Waals surface area contributed by atoms with Crippen LogP contribution in [-0.2, 0) is 32.9 Å². The maximum absolute atomic E-state index is 5.57. The molecule has 0 radical (unpaired) electrons. The second-order valence-electron chi connectivity index (χ2n) is 13.4. The van der Waals surface area contributed by atoms with Gasteiger partial charge in [-0.1, -0.05) is 87.0 Å². The summed E-state index contributed by atoms with van der Waals surface area (Å²) in [6, 6.07) is 47.8. The Hall–Kier alpha value is -5.25. The van der Waals surface area contributed by atoms with Crippen molar-refractivity contribution in [1.29, 1.82) is 0 Å². The first-order valence-electron chi connectivity index (χ1n) is 16.3. The molecule has 0 N–H and O–H groups in total. The van der Waals surface area contributed by atoms with Gasteiger partial charge in [-0.05, 0) is 52.7 Å². The van der Waals surface area contributed by atoms with Gasteiger partial charge < -0.3 is 13.6 Å². The van der Waals surface area contributed by atoms with E-state index in [0.29, 0.717) is 6.42 Å². The molecule has 0 spiro atoms. The molecule has 0 bridgehead atoms. The molecule has 4 heterocycles. The van der Waals surface area contributed by atoms with Crippen molar-refractivity contribution in [3.8, 4) is 17.2 Å². The number of benzene rings is 5. The van der Waals surface area contributed by atoms with E-state index >= 15 is 0 Å². The van der Waals surface area contributed by atoms with Gasteiger partial charge in [0.1, 0.15) is 5.82 Å². The monoisotopic (exact) mass is 815 g/mol. The van der Waals surface area contributed by atoms with E-state index in [4.69, 9.17) is 9.40 Å². The number of furan rings is 1. The fraction of sp³-hybridized carbons (Fsp3) is 0.116. The minimum absolute atomic E-state index is 0. The topological polar surface area (TPSA) is 39.8 Å². The Balaban J connectivity index is 0.00000348. The van der Waals surface area contributed by atoms with Gasteiger partial charge in [-0.3, -0.25) is 4.57 Å². The zero-order chi connectivity index (χ0) is 32.4. The Morgan fingerprint density at radius 1 is 0.755 bits per heavy atom. The molecule has 0 saturated heterocycles. The summed E-state index contributed by atoms with van der Waals surface area (Å²) in [6.45, 7) is 6.77. The van der Waals surface area contributed by atoms with Crippen molar-refractivity contribution in [3.05, 3.63) is 163 Å². The summed E-state index contributed by atoms with van der Waals surface area (Å²) in [4.78, 5) is 4.78. The van der Waals surface area contributed by atoms with Crippen molar-refractivity contribution in [2.24, 2.45) is 0 Å². The molecule has 0 unspecified atom stereocenters. The van der Waals surface area contributed by atoms with E-state index in [2.05, 4.69) is 162 Å². The molecule has 9 aromatic rings. The van der Waals surface area contributed by atoms with Gasteiger partial charge in [0.25, 0.3) is 6.33 Å². The van der Waals surface area contributed by atoms with Gasteiger partial charge >= 0.3 is 0 Å². The van der Waals surface area contributed by atoms with Crippen LogP contribution in [0.4, 0.5) is 0 Å². The number of rotatable bonds is 5. The van der Waals surface area contributed by atoms with E-state index in [1.54, 1.807) is 12.5 Å². The second-order valence-corrected chi connectivity index (χ2v) is 13.4. The molecule has 5 aromatic carbocycles. The molecule has 9 rings (SSSR count). The molecule has 0 aliphatic carbocycles. The van der Waals surface area contributed by atoms with Crippen LogP contribution in [-0.4, -0.2) is 14.1 Å². The van der Waals surface area contributed by atoms with Crippen LogP contribution in [0.25, 0.3) is 61.0 Å². The van der Waals surface area contributed by atoms with Crippen molar-refractivity contribution >= 4 is 43.8 Å². The fourth-order valence-corrected chi connectivity index (χ4v) is 6.92. The molecule has 0 amide bonds. The summed E-state index contributed by atoms with van der Waals surface area (Å²) in [7, 11) is 0. The largest absolute Gasteiger partial charge is 0.463 e. The summed E-state index contributed by atoms with van der Waals surface area (Å²) in [5.41, 5.74) is 10.6. The Bertz CT molecular complexity index is 2650. The van der Waals surface area contributed by atoms with Crippen molar-refractivity contribution in [2.75, 3.05) is 0 Å². The maximum atomic E-state index is 5.57. The number of pyridine rings is 1. The first kappa shape index (κ1) is 31.0. The van der Waals surface area contributed by atoms with Crippen LogP contribution < -0.4 is 4.57 Å². The maximum Gasteiger partial charge on any atom is 0.268 e. The van der Waals surface area contributed by atoms with E-state index < -0.39 is 0 Å². The van der Waals surface area contributed by atoms with Gasteiger partial charge in [0, 0.05) is 32.0 Å². The zero-order valence-corrected chi connectivity index (χ0v) is 29.6. The van der Waals surface area contributed by atoms with Crippen LogP contribution in [0.1, 0.15) is 37.5 Å². The van der Waals surface area contributed by atoms with Crippen molar-refractivity contribution in [1.82, 2.24) is 14.1 Å². The molecule has 5 nitrogen and oxygen atoms in total. The predicted octanol–water partition coefficient (Wildman–Crippen LogP) is 9.43. The van der Waals surface area contributed by atoms with Gasteiger partial charge in [0.2, 0.25) is 0 Å². The van der Waals surface area contributed by atoms with Gasteiger partial charge in [-0.15, -0.1) is 5.39 Å². The number of imidazole rings is 1. The van der Waals surface area contributed by atoms with Gasteiger partial charge in [-0.2, -0.15) is 53.6 Å². The molecule has 4 aromatic heterocycles. The summed E-state index contributed by atoms with van der Waals surface area (Å²) >= 11 is 0. The Kier molecular flexibility index (Phi) is 7.61. The minimum atomic E-state index is -0.0158. The average molecular weight is 816 g/mol. The standard InChI is InChI=1S/C43H32N4O.Pt/c1-43(2,3)35-14-5-7-16-37(35)46-28-45(38-17-8-9-18-39(38)46)32-12-10-11-29(24-32)23-30-19-20-34-33-13-4-6-15-36(33)47(40(34)25-30)42-26-31-21-22-48-41(31)27-44-42;/h4-22,26-27H,23H2,1-3H3;/q-2;. The van der Waals surface area contributed by atoms with E-state index in [1.807, 2.05) is 6.07 Å². The number of hydrogen-bond acceptors (Lipinski definition) is 2. The summed E-state index contributed by atoms with van der Waals surface area (Å²) in [5.74, 6) is 0.841. The van der Waals surface area contributed by atoms with Gasteiger partial charge in [-0.25, -0.2) is 4.98 Å². The smallest absolute Gasteiger partial charge is 0.268 e. The van der Waals surface area contributed by atoms with E-state index in [-0.39, 0.29) is 26.5 Å². The van der Waals surface area contributed by atoms with E-state index in [0.717, 1.165) is 66.7 Å². The molecular weight excluding hydrogens is 784 g/mol. The zero-order valence-electron chi connectivity index (χ0n) is 27.3. The van der Waals surface area contributed by atoms with Gasteiger partial charge in [0.15, 0.2) is 5.58 Å². The Morgan fingerprint density at radius 2 is 1.53 bits per heavy atom. The third-order valence-corrected chi connectivity index (χ3v) is 9.18. The average Bonchev–Trinajstić information content (AvgIpc) is 3.82. The quantitative estimate of drug-likeness (QED) is 0.128. The molecule has 6 heteroatoms. The number of nitrogens with zero attached hydrogens (tertiary/aromatic N) is 4. The Morgan fingerprint density at radius 3 is 2.41 bits per heavy atom. The van der Waals surface area contributed by atoms with Crippen LogP contribution in [0.5, 0.6) is 0 Å². The fourth-order valence-electron chi connectivity index (χ4n) is 6.92. The first-order valence-corrected chi connectivity index (χ1v) is 16.3. The summed E-state index contributed by atoms with van der Waals surface area (Å²) < 4.78 is 12.1. The van der Waals surface area contributed by atoms with Gasteiger partial charge in [0.05, 0.1) is 29.2 Å². The minimum Gasteiger partial charge on any atom is -0.463 e. The van der Waals surface area contributed by atoms with E-state index in [9.17, 15) is 0 Å². The summed E-state index contributed by atoms with van der Waals surface area (Å²) in [6.07, 6.45) is 7.86. The Labute approximate surface area is 299 Å². The normalized spacial score (nSPS) is 11.9. The van der Waals surface area contributed by atoms with Crippen LogP contribution in [0, 0.1) is 18.5 Å². The van der Waals surface area contributed by atoms with Crippen LogP contribution in [0.15, 0.2) is 132 Å². The summed E-state index contributed by atoms with van der Waals surface area (Å²) in [5, 5.41) is 3.34. The van der Waals surface area contributed by atoms with Crippen LogP contribution in [0.2, 0.25) is 0 Å². The molecule has 242 valence electrons. The third kappa shape index (κ3) is 5.30. The molecular formula is C43H32N4OPt-2. The second kappa shape index (κ2) is 12.0. The molecule has 0 atom stereocenters. The molecule has 0 aliphatic rings. The van der Waals surface area contributed by atoms with Crippen LogP contribution >= 0.6 is 0 Å². The molecule has 0 saturated carbocycles. The first-order chi connectivity index (χ1) is 23.4. The number of fused-ring (bicyclic) bond motifs is 5. The third-order valence-electron chi connectivity index (χ3n) is 9.18. The number of aromatic nitrogens is 4. The molecule has 0 aliphatic heterocycles. The van der Waals surface area contributed by atoms with Crippen molar-refractivity contribution < 1.29 is 30.0 Å². The predicted molar refractivity (Wildman–Crippen MR) is 191 cm³/mol. The molecule has 0 fully saturated rings. The molecule has 49 heavy (non-hydrogen) atoms. The van der Waals surface area contributed by atoms with Crippen molar-refractivity contribution in [2.45, 2.75) is 32.6 Å².